The molecule has 0 amide bonds. The molecule has 3 aromatic heterocycles. The third-order valence-corrected chi connectivity index (χ3v) is 26.0. The number of nitrogens with one attached hydrogen (secondary N) is 3. The van der Waals surface area contributed by atoms with Crippen LogP contribution in [0.4, 0.5) is 15.4 Å². The van der Waals surface area contributed by atoms with Crippen LogP contribution in [-0.4, -0.2) is 109 Å². The molecule has 732 valence electrons. The van der Waals surface area contributed by atoms with Crippen LogP contribution in [0, 0.1) is 5.92 Å². The standard InChI is InChI=1S/C39H45N3O5S.C39H39N3O5S.C37H35N3O5S/c1-3-11-28-14-16-29(17-15-28)31-20-23-35(32(26-31)27-40-42-39-41-34-12-7-8-13-36(34)48-39)47-38(44)30-18-21-33(22-19-30)45-24-9-5-6-10-25-46-37(43)4-2;1-3-11-28-14-16-29(17-15-28)34-23-22-33(26-31(34)27-40-42-39-41-35-12-7-8-13-36(35)48-39)47-38(44)30-18-20-32(21-19-30)45-24-9-5-6-10-25-46-37(43)4-2;1-3-9-26-12-14-27(15-13-26)29-18-21-33(30(24-29)25-38-40-37-39-32-10-5-6-11-34(32)46-37)45-36(42)28-16-19-31(20-17-28)43-22-7-8-23-44-35(41)4-2/h4,7-8,12-13,18-23,26-29H,2-3,5-6,9-11,14-17,24-25H2,1H3,(H,41,42);4,7-8,12-23,26-27H,2-3,5-6,9-11,24-25H2,1H3,(H,41,42);4-6,10-21,24-25H,2-3,7-9,22-23H2,1H3,(H,39,40)/b2*40-27+;38-25+. The second kappa shape index (κ2) is 56.3. The zero-order valence-electron chi connectivity index (χ0n) is 80.3. The summed E-state index contributed by atoms with van der Waals surface area (Å²) in [6.07, 6.45) is 28.8. The highest BCUT2D eigenvalue weighted by molar-refractivity contribution is 7.22. The van der Waals surface area contributed by atoms with E-state index in [0.29, 0.717) is 131 Å². The fourth-order valence-corrected chi connectivity index (χ4v) is 18.2. The second-order valence-corrected chi connectivity index (χ2v) is 36.8. The maximum atomic E-state index is 13.2. The molecule has 27 heteroatoms. The third kappa shape index (κ3) is 33.1. The largest absolute Gasteiger partial charge is 0.494 e. The van der Waals surface area contributed by atoms with Crippen LogP contribution in [0.3, 0.4) is 0 Å². The van der Waals surface area contributed by atoms with Crippen LogP contribution in [0.2, 0.25) is 0 Å². The van der Waals surface area contributed by atoms with Gasteiger partial charge < -0.3 is 42.6 Å². The molecule has 0 saturated heterocycles. The Labute approximate surface area is 841 Å². The number of hydrogen-bond donors (Lipinski definition) is 3. The molecule has 0 bridgehead atoms. The molecule has 3 N–H and O–H groups in total. The number of thiazole rings is 3. The van der Waals surface area contributed by atoms with Gasteiger partial charge in [-0.05, 0) is 299 Å². The van der Waals surface area contributed by atoms with E-state index in [-0.39, 0.29) is 5.97 Å². The summed E-state index contributed by atoms with van der Waals surface area (Å²) in [5.41, 5.74) is 23.1. The molecule has 1 aliphatic rings. The van der Waals surface area contributed by atoms with Gasteiger partial charge in [-0.15, -0.1) is 0 Å². The number of aromatic nitrogens is 3. The summed E-state index contributed by atoms with van der Waals surface area (Å²) in [6.45, 7) is 19.4. The smallest absolute Gasteiger partial charge is 0.343 e. The molecule has 1 fully saturated rings. The molecule has 1 saturated carbocycles. The van der Waals surface area contributed by atoms with Crippen LogP contribution in [0.25, 0.3) is 52.9 Å². The van der Waals surface area contributed by atoms with Crippen molar-refractivity contribution in [3.63, 3.8) is 0 Å². The number of fused-ring (bicyclic) bond motifs is 3. The Balaban J connectivity index is 0.000000179. The van der Waals surface area contributed by atoms with E-state index in [1.54, 1.807) is 104 Å². The van der Waals surface area contributed by atoms with Gasteiger partial charge in [0.1, 0.15) is 34.5 Å². The molecule has 1 aliphatic carbocycles. The van der Waals surface area contributed by atoms with Crippen molar-refractivity contribution in [2.45, 2.75) is 155 Å². The number of rotatable bonds is 49. The van der Waals surface area contributed by atoms with Crippen LogP contribution < -0.4 is 44.7 Å². The number of anilines is 3. The summed E-state index contributed by atoms with van der Waals surface area (Å²) in [6, 6.07) is 78.9. The van der Waals surface area contributed by atoms with Crippen molar-refractivity contribution in [3.8, 4) is 56.8 Å². The molecule has 0 atom stereocenters. The van der Waals surface area contributed by atoms with Gasteiger partial charge in [0.05, 0.1) is 106 Å². The third-order valence-electron chi connectivity index (χ3n) is 23.2. The van der Waals surface area contributed by atoms with Crippen molar-refractivity contribution in [2.75, 3.05) is 55.9 Å². The van der Waals surface area contributed by atoms with Crippen molar-refractivity contribution >= 4 is 135 Å². The van der Waals surface area contributed by atoms with Crippen molar-refractivity contribution < 1.29 is 71.4 Å². The zero-order chi connectivity index (χ0) is 99.3. The van der Waals surface area contributed by atoms with Crippen molar-refractivity contribution in [2.24, 2.45) is 21.2 Å². The zero-order valence-corrected chi connectivity index (χ0v) is 82.8. The summed E-state index contributed by atoms with van der Waals surface area (Å²) < 4.78 is 53.1. The number of ether oxygens (including phenoxy) is 9. The molecule has 0 spiro atoms. The van der Waals surface area contributed by atoms with E-state index in [1.807, 2.05) is 103 Å². The Kier molecular flexibility index (Phi) is 41.3. The van der Waals surface area contributed by atoms with Crippen LogP contribution in [0.5, 0.6) is 34.5 Å². The van der Waals surface area contributed by atoms with Gasteiger partial charge >= 0.3 is 35.8 Å². The van der Waals surface area contributed by atoms with E-state index in [0.717, 1.165) is 153 Å². The Morgan fingerprint density at radius 2 is 0.725 bits per heavy atom. The molecular weight excluding hydrogens is 1840 g/mol. The van der Waals surface area contributed by atoms with Crippen LogP contribution >= 0.6 is 34.0 Å². The average molecular weight is 1960 g/mol. The minimum atomic E-state index is -0.499. The fourth-order valence-electron chi connectivity index (χ4n) is 15.8. The number of esters is 6. The average Bonchev–Trinajstić information content (AvgIpc) is 1.15. The molecular formula is C115H119N9O15S3. The summed E-state index contributed by atoms with van der Waals surface area (Å²) in [7, 11) is 0. The lowest BCUT2D eigenvalue weighted by atomic mass is 9.77. The van der Waals surface area contributed by atoms with Gasteiger partial charge in [-0.3, -0.25) is 16.3 Å². The predicted octanol–water partition coefficient (Wildman–Crippen LogP) is 27.4. The van der Waals surface area contributed by atoms with Gasteiger partial charge in [0.25, 0.3) is 0 Å². The van der Waals surface area contributed by atoms with E-state index < -0.39 is 29.8 Å². The number of benzene rings is 11. The first-order valence-electron chi connectivity index (χ1n) is 48.3. The molecule has 0 aliphatic heterocycles. The first kappa shape index (κ1) is 104. The summed E-state index contributed by atoms with van der Waals surface area (Å²) in [4.78, 5) is 86.5. The normalized spacial score (nSPS) is 12.7. The van der Waals surface area contributed by atoms with Gasteiger partial charge in [0, 0.05) is 34.9 Å². The number of carbonyl (C=O) groups is 6. The Morgan fingerprint density at radius 3 is 1.14 bits per heavy atom. The van der Waals surface area contributed by atoms with Crippen LogP contribution in [0.1, 0.15) is 207 Å². The van der Waals surface area contributed by atoms with Gasteiger partial charge in [-0.25, -0.2) is 43.7 Å². The fraction of sp³-hybridized carbons (Fsp3) is 0.270. The summed E-state index contributed by atoms with van der Waals surface area (Å²) in [5, 5.41) is 15.5. The van der Waals surface area contributed by atoms with E-state index in [1.165, 1.54) is 101 Å². The topological polar surface area (TPSA) is 297 Å². The highest BCUT2D eigenvalue weighted by Gasteiger charge is 2.25. The Morgan fingerprint density at radius 1 is 0.359 bits per heavy atom. The maximum absolute atomic E-state index is 13.2. The van der Waals surface area contributed by atoms with E-state index in [4.69, 9.17) is 42.6 Å². The molecule has 11 aromatic carbocycles. The van der Waals surface area contributed by atoms with Crippen LogP contribution in [0.15, 0.2) is 302 Å². The molecule has 15 rings (SSSR count). The first-order chi connectivity index (χ1) is 69.6. The molecule has 0 radical (unpaired) electrons. The summed E-state index contributed by atoms with van der Waals surface area (Å²) in [5.74, 6) is 1.94. The predicted molar refractivity (Wildman–Crippen MR) is 571 cm³/mol. The maximum Gasteiger partial charge on any atom is 0.343 e. The molecule has 0 unspecified atom stereocenters. The van der Waals surface area contributed by atoms with Crippen molar-refractivity contribution in [1.82, 2.24) is 15.0 Å². The van der Waals surface area contributed by atoms with Crippen LogP contribution in [-0.2, 0) is 41.4 Å². The Bertz CT molecular complexity index is 6490. The SMILES string of the molecule is C=CC(=O)OCCCCCCOc1ccc(C(=O)Oc2ccc(-c3ccc(CCC)cc3)c(/C=N/Nc3nc4ccccc4s3)c2)cc1.C=CC(=O)OCCCCCCOc1ccc(C(=O)Oc2ccc(C3CCC(CCC)CC3)cc2/C=N/Nc2nc3ccccc3s2)cc1.C=CC(=O)OCCCCOc1ccc(C(=O)Oc2ccc(-c3ccc(CCC)cc3)cc2/C=N/Nc2nc3ccccc3s2)cc1. The van der Waals surface area contributed by atoms with Gasteiger partial charge in [0.15, 0.2) is 0 Å². The minimum absolute atomic E-state index is 0.315. The van der Waals surface area contributed by atoms with Gasteiger partial charge in [-0.1, -0.05) is 203 Å². The molecule has 3 heterocycles. The number of hydrazone groups is 3. The number of carbonyl (C=O) groups excluding carboxylic acids is 6. The van der Waals surface area contributed by atoms with E-state index >= 15 is 0 Å². The van der Waals surface area contributed by atoms with Crippen molar-refractivity contribution in [3.05, 3.63) is 337 Å². The number of hydrogen-bond acceptors (Lipinski definition) is 27. The van der Waals surface area contributed by atoms with Crippen molar-refractivity contribution in [1.29, 1.82) is 0 Å². The van der Waals surface area contributed by atoms with E-state index in [9.17, 15) is 28.8 Å². The lowest BCUT2D eigenvalue weighted by molar-refractivity contribution is -0.138. The molecule has 24 nitrogen and oxygen atoms in total. The first-order valence-corrected chi connectivity index (χ1v) is 50.8. The quantitative estimate of drug-likeness (QED) is 0.00607. The minimum Gasteiger partial charge on any atom is -0.494 e. The molecule has 14 aromatic rings. The number of unbranched alkanes of at least 4 members (excludes halogenated alkanes) is 7. The lowest BCUT2D eigenvalue weighted by Gasteiger charge is -2.29. The van der Waals surface area contributed by atoms with Gasteiger partial charge in [0.2, 0.25) is 15.4 Å². The Hall–Kier alpha value is -15.1. The van der Waals surface area contributed by atoms with E-state index in [2.05, 4.69) is 148 Å². The number of nitrogens with zero attached hydrogens (tertiary/aromatic N) is 6. The highest BCUT2D eigenvalue weighted by atomic mass is 32.1. The lowest BCUT2D eigenvalue weighted by Crippen LogP contribution is -2.14. The molecule has 142 heavy (non-hydrogen) atoms. The summed E-state index contributed by atoms with van der Waals surface area (Å²) >= 11 is 4.58. The number of para-hydroxylation sites is 3. The monoisotopic (exact) mass is 1960 g/mol. The number of aryl methyl sites for hydroxylation is 2. The highest BCUT2D eigenvalue weighted by Crippen LogP contribution is 2.40. The second-order valence-electron chi connectivity index (χ2n) is 33.7. The van der Waals surface area contributed by atoms with Gasteiger partial charge in [-0.2, -0.15) is 15.3 Å².